The smallest absolute Gasteiger partial charge is 0.335 e. The second kappa shape index (κ2) is 9.10. The number of phenols is 1. The molecule has 0 amide bonds. The number of phenolic OH excluding ortho intramolecular Hbond substituents is 1. The minimum absolute atomic E-state index is 0.0525. The maximum atomic E-state index is 14.2. The van der Waals surface area contributed by atoms with E-state index in [1.54, 1.807) is 30.5 Å². The molecule has 172 valence electrons. The Morgan fingerprint density at radius 2 is 1.74 bits per heavy atom. The monoisotopic (exact) mass is 466 g/mol. The Hall–Kier alpha value is -4.60. The van der Waals surface area contributed by atoms with E-state index in [9.17, 15) is 23.1 Å². The zero-order valence-corrected chi connectivity index (χ0v) is 17.6. The van der Waals surface area contributed by atoms with Gasteiger partial charge >= 0.3 is 5.97 Å². The zero-order valence-electron chi connectivity index (χ0n) is 17.6. The number of rotatable bonds is 6. The summed E-state index contributed by atoms with van der Waals surface area (Å²) in [6, 6.07) is 12.9. The largest absolute Gasteiger partial charge is 0.508 e. The summed E-state index contributed by atoms with van der Waals surface area (Å²) in [6.45, 7) is 1.30. The van der Waals surface area contributed by atoms with Gasteiger partial charge in [-0.05, 0) is 67.1 Å². The van der Waals surface area contributed by atoms with Gasteiger partial charge in [-0.2, -0.15) is 10.2 Å². The summed E-state index contributed by atoms with van der Waals surface area (Å²) in [5, 5.41) is 27.0. The lowest BCUT2D eigenvalue weighted by Crippen LogP contribution is -2.02. The summed E-state index contributed by atoms with van der Waals surface area (Å²) in [5.41, 5.74) is 3.51. The fraction of sp³-hybridized carbons (Fsp3) is 0.0417. The third-order valence-corrected chi connectivity index (χ3v) is 4.98. The lowest BCUT2D eigenvalue weighted by Gasteiger charge is -2.07. The van der Waals surface area contributed by atoms with Crippen molar-refractivity contribution in [2.75, 3.05) is 5.43 Å². The van der Waals surface area contributed by atoms with Crippen molar-refractivity contribution in [1.29, 1.82) is 0 Å². The number of aromatic nitrogens is 2. The van der Waals surface area contributed by atoms with Crippen molar-refractivity contribution in [3.05, 3.63) is 94.9 Å². The van der Waals surface area contributed by atoms with Gasteiger partial charge in [-0.1, -0.05) is 0 Å². The van der Waals surface area contributed by atoms with Crippen molar-refractivity contribution < 1.29 is 28.2 Å². The van der Waals surface area contributed by atoms with Crippen LogP contribution in [0.1, 0.15) is 21.5 Å². The van der Waals surface area contributed by atoms with E-state index in [4.69, 9.17) is 5.11 Å². The number of anilines is 1. The van der Waals surface area contributed by atoms with Gasteiger partial charge in [0.2, 0.25) is 0 Å². The highest BCUT2D eigenvalue weighted by Crippen LogP contribution is 2.26. The van der Waals surface area contributed by atoms with E-state index in [-0.39, 0.29) is 16.9 Å². The number of benzene rings is 3. The van der Waals surface area contributed by atoms with Crippen molar-refractivity contribution >= 4 is 17.9 Å². The Morgan fingerprint density at radius 1 is 1.06 bits per heavy atom. The van der Waals surface area contributed by atoms with Gasteiger partial charge < -0.3 is 10.2 Å². The number of nitrogens with one attached hydrogen (secondary N) is 1. The van der Waals surface area contributed by atoms with Gasteiger partial charge in [0.25, 0.3) is 0 Å². The minimum Gasteiger partial charge on any atom is -0.508 e. The highest BCUT2D eigenvalue weighted by atomic mass is 19.2. The van der Waals surface area contributed by atoms with E-state index in [2.05, 4.69) is 15.6 Å². The lowest BCUT2D eigenvalue weighted by molar-refractivity contribution is 0.0697. The van der Waals surface area contributed by atoms with Crippen LogP contribution < -0.4 is 5.43 Å². The Balaban J connectivity index is 1.72. The number of aryl methyl sites for hydroxylation is 1. The Labute approximate surface area is 191 Å². The van der Waals surface area contributed by atoms with Crippen LogP contribution in [0.15, 0.2) is 65.9 Å². The zero-order chi connectivity index (χ0) is 24.4. The number of nitrogens with zero attached hydrogens (tertiary/aromatic N) is 3. The molecule has 34 heavy (non-hydrogen) atoms. The average molecular weight is 466 g/mol. The minimum atomic E-state index is -1.40. The number of carbonyl (C=O) groups is 1. The van der Waals surface area contributed by atoms with Crippen LogP contribution in [-0.2, 0) is 0 Å². The molecule has 0 bridgehead atoms. The number of carboxylic acid groups (broad SMARTS) is 1. The van der Waals surface area contributed by atoms with Crippen LogP contribution in [0.5, 0.6) is 5.75 Å². The third kappa shape index (κ3) is 4.46. The second-order valence-corrected chi connectivity index (χ2v) is 7.32. The molecule has 4 aromatic rings. The molecule has 3 aromatic carbocycles. The molecule has 7 nitrogen and oxygen atoms in total. The number of carboxylic acids is 1. The molecule has 0 radical (unpaired) electrons. The van der Waals surface area contributed by atoms with E-state index >= 15 is 0 Å². The molecule has 4 rings (SSSR count). The standard InChI is InChI=1S/C24H17F3N4O3/c1-13-10-19(25)21(27)23(20(13)26)29-28-11-16-12-31(17-6-2-15(3-7-17)24(33)34)30-22(16)14-4-8-18(32)9-5-14/h2-12,29,32H,1H3,(H,33,34)/b28-11+. The molecular formula is C24H17F3N4O3. The van der Waals surface area contributed by atoms with Crippen LogP contribution in [0.3, 0.4) is 0 Å². The predicted octanol–water partition coefficient (Wildman–Crippen LogP) is 5.11. The molecule has 0 saturated carbocycles. The first-order valence-corrected chi connectivity index (χ1v) is 9.90. The number of hydrogen-bond acceptors (Lipinski definition) is 5. The summed E-state index contributed by atoms with van der Waals surface area (Å²) in [5.74, 6) is -4.59. The van der Waals surface area contributed by atoms with Gasteiger partial charge in [0.1, 0.15) is 17.1 Å². The Kier molecular flexibility index (Phi) is 6.05. The van der Waals surface area contributed by atoms with Gasteiger partial charge in [-0.3, -0.25) is 5.43 Å². The topological polar surface area (TPSA) is 99.7 Å². The summed E-state index contributed by atoms with van der Waals surface area (Å²) >= 11 is 0. The molecule has 1 aromatic heterocycles. The number of aromatic carboxylic acids is 1. The summed E-state index contributed by atoms with van der Waals surface area (Å²) < 4.78 is 43.4. The van der Waals surface area contributed by atoms with Crippen molar-refractivity contribution in [2.24, 2.45) is 5.10 Å². The van der Waals surface area contributed by atoms with Crippen LogP contribution in [0.25, 0.3) is 16.9 Å². The molecule has 0 aliphatic carbocycles. The Bertz CT molecular complexity index is 1370. The van der Waals surface area contributed by atoms with Gasteiger partial charge in [0.15, 0.2) is 17.5 Å². The Morgan fingerprint density at radius 3 is 2.38 bits per heavy atom. The summed E-state index contributed by atoms with van der Waals surface area (Å²) in [4.78, 5) is 11.1. The van der Waals surface area contributed by atoms with Gasteiger partial charge in [-0.25, -0.2) is 22.6 Å². The van der Waals surface area contributed by atoms with E-state index in [0.29, 0.717) is 22.5 Å². The molecule has 0 saturated heterocycles. The molecular weight excluding hydrogens is 449 g/mol. The molecule has 0 unspecified atom stereocenters. The van der Waals surface area contributed by atoms with Gasteiger partial charge in [-0.15, -0.1) is 0 Å². The second-order valence-electron chi connectivity index (χ2n) is 7.32. The van der Waals surface area contributed by atoms with Crippen LogP contribution in [0.4, 0.5) is 18.9 Å². The SMILES string of the molecule is Cc1cc(F)c(F)c(N/N=C/c2cn(-c3ccc(C(=O)O)cc3)nc2-c2ccc(O)cc2)c1F. The van der Waals surface area contributed by atoms with E-state index in [1.807, 2.05) is 0 Å². The number of halogens is 3. The maximum absolute atomic E-state index is 14.2. The van der Waals surface area contributed by atoms with Crippen LogP contribution in [0.2, 0.25) is 0 Å². The molecule has 1 heterocycles. The first-order valence-electron chi connectivity index (χ1n) is 9.90. The normalized spacial score (nSPS) is 11.2. The van der Waals surface area contributed by atoms with E-state index < -0.39 is 29.1 Å². The first kappa shape index (κ1) is 22.6. The molecule has 0 aliphatic heterocycles. The molecule has 3 N–H and O–H groups in total. The molecule has 10 heteroatoms. The number of hydrogen-bond donors (Lipinski definition) is 3. The fourth-order valence-electron chi connectivity index (χ4n) is 3.21. The van der Waals surface area contributed by atoms with Gasteiger partial charge in [0.05, 0.1) is 17.5 Å². The molecule has 0 atom stereocenters. The fourth-order valence-corrected chi connectivity index (χ4v) is 3.21. The summed E-state index contributed by atoms with van der Waals surface area (Å²) in [6.07, 6.45) is 2.84. The lowest BCUT2D eigenvalue weighted by atomic mass is 10.1. The van der Waals surface area contributed by atoms with Crippen LogP contribution in [0, 0.1) is 24.4 Å². The van der Waals surface area contributed by atoms with E-state index in [0.717, 1.165) is 6.07 Å². The molecule has 0 spiro atoms. The van der Waals surface area contributed by atoms with Crippen LogP contribution in [-0.4, -0.2) is 32.2 Å². The maximum Gasteiger partial charge on any atom is 0.335 e. The highest BCUT2D eigenvalue weighted by molar-refractivity contribution is 5.89. The van der Waals surface area contributed by atoms with Crippen molar-refractivity contribution in [3.8, 4) is 22.7 Å². The quantitative estimate of drug-likeness (QED) is 0.208. The average Bonchev–Trinajstić information content (AvgIpc) is 3.24. The van der Waals surface area contributed by atoms with E-state index in [1.165, 1.54) is 42.1 Å². The van der Waals surface area contributed by atoms with Crippen LogP contribution >= 0.6 is 0 Å². The first-order chi connectivity index (χ1) is 16.2. The van der Waals surface area contributed by atoms with Crippen molar-refractivity contribution in [1.82, 2.24) is 9.78 Å². The molecule has 0 aliphatic rings. The number of aromatic hydroxyl groups is 1. The van der Waals surface area contributed by atoms with Crippen molar-refractivity contribution in [3.63, 3.8) is 0 Å². The molecule has 0 fully saturated rings. The van der Waals surface area contributed by atoms with Gasteiger partial charge in [0, 0.05) is 17.3 Å². The van der Waals surface area contributed by atoms with Crippen molar-refractivity contribution in [2.45, 2.75) is 6.92 Å². The third-order valence-electron chi connectivity index (χ3n) is 4.98. The predicted molar refractivity (Wildman–Crippen MR) is 120 cm³/mol. The summed E-state index contributed by atoms with van der Waals surface area (Å²) in [7, 11) is 0. The highest BCUT2D eigenvalue weighted by Gasteiger charge is 2.17. The number of hydrazone groups is 1.